The first kappa shape index (κ1) is 10.3. The lowest BCUT2D eigenvalue weighted by atomic mass is 9.93. The van der Waals surface area contributed by atoms with E-state index in [0.717, 1.165) is 25.7 Å². The lowest BCUT2D eigenvalue weighted by Gasteiger charge is -2.39. The van der Waals surface area contributed by atoms with Gasteiger partial charge in [-0.3, -0.25) is 0 Å². The van der Waals surface area contributed by atoms with Crippen molar-refractivity contribution in [2.45, 2.75) is 44.8 Å². The third-order valence-electron chi connectivity index (χ3n) is 2.97. The molecule has 1 aliphatic carbocycles. The van der Waals surface area contributed by atoms with Crippen LogP contribution in [0.25, 0.3) is 0 Å². The van der Waals surface area contributed by atoms with Gasteiger partial charge in [0.05, 0.1) is 7.11 Å². The predicted molar refractivity (Wildman–Crippen MR) is 52.7 cm³/mol. The fourth-order valence-electron chi connectivity index (χ4n) is 2.08. The van der Waals surface area contributed by atoms with Crippen molar-refractivity contribution in [1.29, 1.82) is 0 Å². The molecule has 0 aromatic heterocycles. The fraction of sp³-hybridized carbons (Fsp3) is 0.727. The lowest BCUT2D eigenvalue weighted by Crippen LogP contribution is -2.43. The summed E-state index contributed by atoms with van der Waals surface area (Å²) in [6.45, 7) is 1.65. The average molecular weight is 212 g/mol. The zero-order valence-corrected chi connectivity index (χ0v) is 9.17. The second kappa shape index (κ2) is 3.76. The van der Waals surface area contributed by atoms with Gasteiger partial charge in [-0.25, -0.2) is 4.79 Å². The Labute approximate surface area is 89.2 Å². The first-order valence-electron chi connectivity index (χ1n) is 5.34. The molecule has 1 heterocycles. The highest BCUT2D eigenvalue weighted by molar-refractivity contribution is 5.88. The molecule has 2 aliphatic rings. The van der Waals surface area contributed by atoms with Crippen LogP contribution in [0.2, 0.25) is 0 Å². The molecule has 2 rings (SSSR count). The molecule has 1 aliphatic heterocycles. The molecule has 0 radical (unpaired) electrons. The first-order valence-corrected chi connectivity index (χ1v) is 5.34. The Morgan fingerprint density at radius 2 is 1.87 bits per heavy atom. The van der Waals surface area contributed by atoms with Crippen LogP contribution >= 0.6 is 0 Å². The van der Waals surface area contributed by atoms with Crippen LogP contribution in [0, 0.1) is 0 Å². The molecule has 0 saturated heterocycles. The predicted octanol–water partition coefficient (Wildman–Crippen LogP) is 2.10. The molecular formula is C11H16O4. The van der Waals surface area contributed by atoms with E-state index in [1.165, 1.54) is 13.5 Å². The van der Waals surface area contributed by atoms with E-state index < -0.39 is 5.79 Å². The summed E-state index contributed by atoms with van der Waals surface area (Å²) in [4.78, 5) is 11.6. The summed E-state index contributed by atoms with van der Waals surface area (Å²) in [7, 11) is 1.51. The third-order valence-corrected chi connectivity index (χ3v) is 2.97. The maximum absolute atomic E-state index is 11.6. The monoisotopic (exact) mass is 212 g/mol. The molecule has 4 nitrogen and oxygen atoms in total. The summed E-state index contributed by atoms with van der Waals surface area (Å²) >= 11 is 0. The standard InChI is InChI=1S/C11H16O4/c1-8-9(12)14-11(15-10(8)13-2)6-4-3-5-7-11/h3-7H2,1-2H3. The molecule has 0 aromatic rings. The van der Waals surface area contributed by atoms with Gasteiger partial charge in [0.1, 0.15) is 5.57 Å². The quantitative estimate of drug-likeness (QED) is 0.624. The molecule has 0 N–H and O–H groups in total. The first-order chi connectivity index (χ1) is 7.17. The van der Waals surface area contributed by atoms with E-state index in [9.17, 15) is 4.79 Å². The lowest BCUT2D eigenvalue weighted by molar-refractivity contribution is -0.252. The average Bonchev–Trinajstić information content (AvgIpc) is 2.25. The number of esters is 1. The highest BCUT2D eigenvalue weighted by atomic mass is 16.8. The minimum Gasteiger partial charge on any atom is -0.468 e. The molecule has 1 fully saturated rings. The Morgan fingerprint density at radius 3 is 2.47 bits per heavy atom. The van der Waals surface area contributed by atoms with Gasteiger partial charge < -0.3 is 14.2 Å². The Bertz CT molecular complexity index is 300. The fourth-order valence-corrected chi connectivity index (χ4v) is 2.08. The minimum atomic E-state index is -0.750. The van der Waals surface area contributed by atoms with Gasteiger partial charge in [-0.1, -0.05) is 6.42 Å². The molecule has 0 bridgehead atoms. The van der Waals surface area contributed by atoms with Crippen LogP contribution in [0.1, 0.15) is 39.0 Å². The van der Waals surface area contributed by atoms with E-state index in [2.05, 4.69) is 0 Å². The van der Waals surface area contributed by atoms with Crippen molar-refractivity contribution in [2.75, 3.05) is 7.11 Å². The minimum absolute atomic E-state index is 0.313. The normalized spacial score (nSPS) is 24.8. The van der Waals surface area contributed by atoms with Gasteiger partial charge in [-0.2, -0.15) is 0 Å². The smallest absolute Gasteiger partial charge is 0.344 e. The van der Waals surface area contributed by atoms with Gasteiger partial charge in [0, 0.05) is 12.8 Å². The maximum Gasteiger partial charge on any atom is 0.344 e. The Kier molecular flexibility index (Phi) is 2.59. The van der Waals surface area contributed by atoms with Crippen LogP contribution < -0.4 is 0 Å². The maximum atomic E-state index is 11.6. The SMILES string of the molecule is COC1=C(C)C(=O)OC2(CCCCC2)O1. The summed E-state index contributed by atoms with van der Waals surface area (Å²) < 4.78 is 16.1. The second-order valence-corrected chi connectivity index (χ2v) is 4.08. The van der Waals surface area contributed by atoms with Crippen LogP contribution in [0.4, 0.5) is 0 Å². The van der Waals surface area contributed by atoms with E-state index in [1.807, 2.05) is 0 Å². The van der Waals surface area contributed by atoms with E-state index in [4.69, 9.17) is 14.2 Å². The van der Waals surface area contributed by atoms with Gasteiger partial charge in [0.2, 0.25) is 0 Å². The molecule has 1 saturated carbocycles. The second-order valence-electron chi connectivity index (χ2n) is 4.08. The van der Waals surface area contributed by atoms with Gasteiger partial charge >= 0.3 is 5.97 Å². The Balaban J connectivity index is 2.22. The highest BCUT2D eigenvalue weighted by Crippen LogP contribution is 2.38. The van der Waals surface area contributed by atoms with E-state index in [1.54, 1.807) is 6.92 Å². The van der Waals surface area contributed by atoms with Gasteiger partial charge in [0.25, 0.3) is 11.7 Å². The third kappa shape index (κ3) is 1.80. The van der Waals surface area contributed by atoms with Crippen LogP contribution in [0.3, 0.4) is 0 Å². The molecule has 4 heteroatoms. The number of hydrogen-bond acceptors (Lipinski definition) is 4. The molecule has 15 heavy (non-hydrogen) atoms. The van der Waals surface area contributed by atoms with E-state index in [-0.39, 0.29) is 5.97 Å². The van der Waals surface area contributed by atoms with Crippen LogP contribution in [-0.2, 0) is 19.0 Å². The van der Waals surface area contributed by atoms with Crippen LogP contribution in [0.15, 0.2) is 11.5 Å². The molecule has 0 atom stereocenters. The molecule has 84 valence electrons. The summed E-state index contributed by atoms with van der Waals surface area (Å²) in [5.41, 5.74) is 0.411. The molecular weight excluding hydrogens is 196 g/mol. The van der Waals surface area contributed by atoms with Crippen molar-refractivity contribution in [2.24, 2.45) is 0 Å². The summed E-state index contributed by atoms with van der Waals surface area (Å²) in [6.07, 6.45) is 4.76. The number of rotatable bonds is 1. The Hall–Kier alpha value is -1.19. The molecule has 0 amide bonds. The van der Waals surface area contributed by atoms with Gasteiger partial charge in [-0.15, -0.1) is 0 Å². The summed E-state index contributed by atoms with van der Waals surface area (Å²) in [5.74, 6) is -0.756. The van der Waals surface area contributed by atoms with E-state index >= 15 is 0 Å². The van der Waals surface area contributed by atoms with Crippen molar-refractivity contribution < 1.29 is 19.0 Å². The topological polar surface area (TPSA) is 44.8 Å². The van der Waals surface area contributed by atoms with Crippen molar-refractivity contribution in [3.05, 3.63) is 11.5 Å². The number of carbonyl (C=O) groups is 1. The van der Waals surface area contributed by atoms with Crippen molar-refractivity contribution in [1.82, 2.24) is 0 Å². The van der Waals surface area contributed by atoms with Gasteiger partial charge in [0.15, 0.2) is 0 Å². The molecule has 1 spiro atoms. The highest BCUT2D eigenvalue weighted by Gasteiger charge is 2.43. The largest absolute Gasteiger partial charge is 0.468 e. The summed E-state index contributed by atoms with van der Waals surface area (Å²) in [5, 5.41) is 0. The van der Waals surface area contributed by atoms with Crippen molar-refractivity contribution >= 4 is 5.97 Å². The van der Waals surface area contributed by atoms with E-state index in [0.29, 0.717) is 11.5 Å². The number of ether oxygens (including phenoxy) is 3. The number of hydrogen-bond donors (Lipinski definition) is 0. The summed E-state index contributed by atoms with van der Waals surface area (Å²) in [6, 6.07) is 0. The number of methoxy groups -OCH3 is 1. The zero-order chi connectivity index (χ0) is 10.9. The van der Waals surface area contributed by atoms with Crippen LogP contribution in [0.5, 0.6) is 0 Å². The molecule has 0 aromatic carbocycles. The number of carbonyl (C=O) groups excluding carboxylic acids is 1. The van der Waals surface area contributed by atoms with Gasteiger partial charge in [-0.05, 0) is 19.8 Å². The molecule has 0 unspecified atom stereocenters. The van der Waals surface area contributed by atoms with Crippen molar-refractivity contribution in [3.8, 4) is 0 Å². The zero-order valence-electron chi connectivity index (χ0n) is 9.17. The Morgan fingerprint density at radius 1 is 1.20 bits per heavy atom. The van der Waals surface area contributed by atoms with Crippen molar-refractivity contribution in [3.63, 3.8) is 0 Å². The van der Waals surface area contributed by atoms with Crippen LogP contribution in [-0.4, -0.2) is 18.9 Å².